The number of carbonyl (C=O) groups is 1. The van der Waals surface area contributed by atoms with Crippen molar-refractivity contribution in [1.82, 2.24) is 4.90 Å². The van der Waals surface area contributed by atoms with Crippen LogP contribution in [0.15, 0.2) is 72.8 Å². The summed E-state index contributed by atoms with van der Waals surface area (Å²) in [5.74, 6) is 0.267. The number of sulfone groups is 1. The Morgan fingerprint density at radius 3 is 2.30 bits per heavy atom. The molecule has 46 heavy (non-hydrogen) atoms. The number of carboxylic acid groups (broad SMARTS) is 1. The van der Waals surface area contributed by atoms with E-state index in [1.807, 2.05) is 67.6 Å². The number of ether oxygens (including phenoxy) is 1. The number of hydrogen-bond donors (Lipinski definition) is 1. The first-order chi connectivity index (χ1) is 21.7. The fourth-order valence-electron chi connectivity index (χ4n) is 6.61. The summed E-state index contributed by atoms with van der Waals surface area (Å²) in [6.45, 7) is 3.47. The normalized spacial score (nSPS) is 16.8. The van der Waals surface area contributed by atoms with E-state index in [1.54, 1.807) is 0 Å². The zero-order valence-corrected chi connectivity index (χ0v) is 31.5. The van der Waals surface area contributed by atoms with Crippen LogP contribution in [0.1, 0.15) is 68.9 Å². The second-order valence-electron chi connectivity index (χ2n) is 13.0. The van der Waals surface area contributed by atoms with Crippen molar-refractivity contribution in [3.8, 4) is 16.9 Å². The third kappa shape index (κ3) is 11.2. The van der Waals surface area contributed by atoms with E-state index in [1.165, 1.54) is 44.9 Å². The van der Waals surface area contributed by atoms with Crippen molar-refractivity contribution in [1.29, 1.82) is 0 Å². The van der Waals surface area contributed by atoms with E-state index in [0.29, 0.717) is 30.3 Å². The van der Waals surface area contributed by atoms with Gasteiger partial charge in [0.15, 0.2) is 0 Å². The minimum atomic E-state index is -3.32. The first-order valence-electron chi connectivity index (χ1n) is 16.4. The first kappa shape index (κ1) is 37.1. The van der Waals surface area contributed by atoms with E-state index >= 15 is 0 Å². The number of nitrogens with zero attached hydrogens (tertiary/aromatic N) is 2. The number of hydrogen-bond acceptors (Lipinski definition) is 5. The van der Waals surface area contributed by atoms with Gasteiger partial charge in [0.2, 0.25) is 0 Å². The molecule has 3 aromatic carbocycles. The Labute approximate surface area is 317 Å². The molecular formula is C37H47KN2O5S. The largest absolute Gasteiger partial charge is 1.00 e. The maximum Gasteiger partial charge on any atom is 1.00 e. The summed E-state index contributed by atoms with van der Waals surface area (Å²) < 4.78 is 30.0. The summed E-state index contributed by atoms with van der Waals surface area (Å²) in [6, 6.07) is 23.9. The van der Waals surface area contributed by atoms with Gasteiger partial charge >= 0.3 is 51.4 Å². The summed E-state index contributed by atoms with van der Waals surface area (Å²) in [6.07, 6.45) is 11.1. The molecule has 1 N–H and O–H groups in total. The molecule has 0 heterocycles. The molecule has 5 rings (SSSR count). The fourth-order valence-corrected chi connectivity index (χ4v) is 7.26. The molecule has 2 saturated carbocycles. The van der Waals surface area contributed by atoms with Crippen molar-refractivity contribution in [2.45, 2.75) is 89.4 Å². The maximum absolute atomic E-state index is 12.1. The monoisotopic (exact) mass is 670 g/mol. The van der Waals surface area contributed by atoms with Crippen LogP contribution in [0.2, 0.25) is 0 Å². The molecule has 242 valence electrons. The van der Waals surface area contributed by atoms with Gasteiger partial charge in [-0.05, 0) is 79.0 Å². The van der Waals surface area contributed by atoms with Crippen LogP contribution < -0.4 is 56.1 Å². The number of benzene rings is 3. The molecule has 0 aromatic heterocycles. The van der Waals surface area contributed by atoms with Gasteiger partial charge in [0, 0.05) is 30.6 Å². The molecule has 0 aliphatic heterocycles. The molecule has 3 aromatic rings. The number of aliphatic carboxylic acids is 1. The van der Waals surface area contributed by atoms with Crippen LogP contribution in [0.25, 0.3) is 16.4 Å². The Morgan fingerprint density at radius 1 is 0.957 bits per heavy atom. The van der Waals surface area contributed by atoms with Crippen molar-refractivity contribution < 1.29 is 74.4 Å². The molecule has 2 aliphatic rings. The van der Waals surface area contributed by atoms with Crippen LogP contribution in [0.4, 0.5) is 5.69 Å². The molecule has 0 radical (unpaired) electrons. The molecule has 9 heteroatoms. The minimum absolute atomic E-state index is 0. The summed E-state index contributed by atoms with van der Waals surface area (Å²) in [7, 11) is -3.32. The fraction of sp³-hybridized carbons (Fsp3) is 0.486. The average molecular weight is 671 g/mol. The van der Waals surface area contributed by atoms with E-state index < -0.39 is 21.8 Å². The van der Waals surface area contributed by atoms with E-state index in [-0.39, 0.29) is 63.6 Å². The molecule has 0 bridgehead atoms. The quantitative estimate of drug-likeness (QED) is 0.217. The van der Waals surface area contributed by atoms with Crippen LogP contribution in [-0.4, -0.2) is 61.1 Å². The van der Waals surface area contributed by atoms with Gasteiger partial charge < -0.3 is 15.2 Å². The second kappa shape index (κ2) is 17.6. The van der Waals surface area contributed by atoms with Gasteiger partial charge in [-0.25, -0.2) is 8.42 Å². The van der Waals surface area contributed by atoms with Crippen molar-refractivity contribution >= 4 is 21.5 Å². The van der Waals surface area contributed by atoms with Gasteiger partial charge in [0.1, 0.15) is 22.2 Å². The number of aryl methyl sites for hydroxylation is 1. The third-order valence-corrected chi connectivity index (χ3v) is 10.2. The van der Waals surface area contributed by atoms with Crippen LogP contribution >= 0.6 is 0 Å². The van der Waals surface area contributed by atoms with Crippen LogP contribution in [0, 0.1) is 12.8 Å². The molecule has 0 saturated heterocycles. The zero-order chi connectivity index (χ0) is 31.8. The number of carboxylic acids is 1. The SMILES string of the molecule is Cc1ccccc1-c1cc(CN(C2CC2)C(COc2ccccc2)CC2CCCCC2)ccc1[N-]C(CCS(C)(=O)=O)C(=O)O.[K+]. The molecular weight excluding hydrogens is 624 g/mol. The average Bonchev–Trinajstić information content (AvgIpc) is 3.87. The summed E-state index contributed by atoms with van der Waals surface area (Å²) >= 11 is 0. The maximum atomic E-state index is 12.1. The number of rotatable bonds is 16. The van der Waals surface area contributed by atoms with Crippen LogP contribution in [0.5, 0.6) is 5.75 Å². The van der Waals surface area contributed by atoms with Crippen molar-refractivity contribution in [3.05, 3.63) is 89.2 Å². The van der Waals surface area contributed by atoms with Crippen LogP contribution in [-0.2, 0) is 21.2 Å². The van der Waals surface area contributed by atoms with E-state index in [4.69, 9.17) is 4.74 Å². The van der Waals surface area contributed by atoms with Gasteiger partial charge in [0.25, 0.3) is 5.97 Å². The third-order valence-electron chi connectivity index (χ3n) is 9.20. The van der Waals surface area contributed by atoms with E-state index in [0.717, 1.165) is 47.2 Å². The van der Waals surface area contributed by atoms with E-state index in [2.05, 4.69) is 22.3 Å². The predicted molar refractivity (Wildman–Crippen MR) is 181 cm³/mol. The van der Waals surface area contributed by atoms with Crippen molar-refractivity contribution in [2.75, 3.05) is 18.6 Å². The molecule has 0 amide bonds. The Hall–Kier alpha value is -1.72. The molecule has 2 fully saturated rings. The predicted octanol–water partition coefficient (Wildman–Crippen LogP) is 4.94. The Kier molecular flexibility index (Phi) is 14.2. The standard InChI is InChI=1S/C37H47N2O5S.K/c1-27-11-9-10-16-33(27)34-24-29(17-20-35(34)38-36(37(40)41)21-22-45(2,42)43)25-39(30-18-19-30)31(23-28-12-5-3-6-13-28)26-44-32-14-7-4-8-15-32;/h4,7-11,14-17,20,24,28,30-31,36H,3,5-6,12-13,18-19,21-23,25-26H2,1-2H3,(H,40,41);/q-1;+1. The zero-order valence-electron chi connectivity index (χ0n) is 27.6. The van der Waals surface area contributed by atoms with Gasteiger partial charge in [0.05, 0.1) is 0 Å². The summed E-state index contributed by atoms with van der Waals surface area (Å²) in [5, 5.41) is 14.5. The van der Waals surface area contributed by atoms with E-state index in [9.17, 15) is 18.3 Å². The van der Waals surface area contributed by atoms with Crippen molar-refractivity contribution in [2.24, 2.45) is 5.92 Å². The molecule has 7 nitrogen and oxygen atoms in total. The van der Waals surface area contributed by atoms with Crippen molar-refractivity contribution in [3.63, 3.8) is 0 Å². The molecule has 2 unspecified atom stereocenters. The van der Waals surface area contributed by atoms with Crippen LogP contribution in [0.3, 0.4) is 0 Å². The van der Waals surface area contributed by atoms with Gasteiger partial charge in [-0.3, -0.25) is 9.69 Å². The first-order valence-corrected chi connectivity index (χ1v) is 18.5. The Balaban J connectivity index is 0.00000480. The minimum Gasteiger partial charge on any atom is -0.672 e. The smallest absolute Gasteiger partial charge is 0.672 e. The Morgan fingerprint density at radius 2 is 1.65 bits per heavy atom. The summed E-state index contributed by atoms with van der Waals surface area (Å²) in [5.41, 5.74) is 4.65. The Bertz CT molecular complexity index is 1520. The molecule has 0 spiro atoms. The summed E-state index contributed by atoms with van der Waals surface area (Å²) in [4.78, 5) is 14.8. The number of para-hydroxylation sites is 1. The topological polar surface area (TPSA) is 98.0 Å². The second-order valence-corrected chi connectivity index (χ2v) is 15.2. The van der Waals surface area contributed by atoms with Gasteiger partial charge in [-0.1, -0.05) is 92.8 Å². The molecule has 2 aliphatic carbocycles. The molecule has 2 atom stereocenters. The van der Waals surface area contributed by atoms with Gasteiger partial charge in [-0.2, -0.15) is 0 Å². The van der Waals surface area contributed by atoms with Gasteiger partial charge in [-0.15, -0.1) is 5.69 Å².